The van der Waals surface area contributed by atoms with Crippen molar-refractivity contribution in [2.45, 2.75) is 24.8 Å². The molecule has 1 aromatic carbocycles. The number of hydrogen-bond acceptors (Lipinski definition) is 4. The molecular formula is C12H15N3O. The third kappa shape index (κ3) is 1.70. The lowest BCUT2D eigenvalue weighted by molar-refractivity contribution is 0.144. The lowest BCUT2D eigenvalue weighted by Crippen LogP contribution is -2.48. The molecule has 2 rings (SSSR count). The molecule has 0 unspecified atom stereocenters. The summed E-state index contributed by atoms with van der Waals surface area (Å²) in [5, 5.41) is 21.5. The Labute approximate surface area is 94.7 Å². The van der Waals surface area contributed by atoms with E-state index < -0.39 is 0 Å². The summed E-state index contributed by atoms with van der Waals surface area (Å²) in [5.74, 6) is 0. The number of nitriles is 1. The van der Waals surface area contributed by atoms with Crippen molar-refractivity contribution in [3.05, 3.63) is 23.8 Å². The van der Waals surface area contributed by atoms with Gasteiger partial charge in [0.15, 0.2) is 0 Å². The van der Waals surface area contributed by atoms with E-state index in [9.17, 15) is 5.11 Å². The zero-order chi connectivity index (χ0) is 11.6. The number of nitrogens with one attached hydrogen (secondary N) is 1. The minimum atomic E-state index is -0.234. The topological polar surface area (TPSA) is 82.1 Å². The zero-order valence-electron chi connectivity index (χ0n) is 9.03. The molecule has 84 valence electrons. The van der Waals surface area contributed by atoms with Gasteiger partial charge in [0.1, 0.15) is 6.07 Å². The summed E-state index contributed by atoms with van der Waals surface area (Å²) in [6.07, 6.45) is 3.00. The molecule has 0 radical (unpaired) electrons. The van der Waals surface area contributed by atoms with Crippen molar-refractivity contribution in [1.29, 1.82) is 5.26 Å². The Morgan fingerprint density at radius 1 is 1.50 bits per heavy atom. The van der Waals surface area contributed by atoms with E-state index in [-0.39, 0.29) is 12.1 Å². The van der Waals surface area contributed by atoms with E-state index in [1.807, 2.05) is 12.1 Å². The number of para-hydroxylation sites is 1. The second-order valence-corrected chi connectivity index (χ2v) is 4.30. The van der Waals surface area contributed by atoms with Crippen LogP contribution in [0, 0.1) is 11.3 Å². The molecule has 1 fully saturated rings. The smallest absolute Gasteiger partial charge is 0.101 e. The van der Waals surface area contributed by atoms with E-state index in [4.69, 9.17) is 11.0 Å². The molecular weight excluding hydrogens is 202 g/mol. The van der Waals surface area contributed by atoms with Crippen LogP contribution in [-0.4, -0.2) is 17.3 Å². The summed E-state index contributed by atoms with van der Waals surface area (Å²) in [4.78, 5) is 0. The molecule has 1 aromatic rings. The van der Waals surface area contributed by atoms with Gasteiger partial charge < -0.3 is 16.2 Å². The number of nitrogens with two attached hydrogens (primary N) is 1. The lowest BCUT2D eigenvalue weighted by atomic mass is 9.77. The van der Waals surface area contributed by atoms with Gasteiger partial charge in [0, 0.05) is 0 Å². The van der Waals surface area contributed by atoms with Gasteiger partial charge in [-0.05, 0) is 31.4 Å². The Hall–Kier alpha value is -1.73. The van der Waals surface area contributed by atoms with E-state index in [0.29, 0.717) is 11.3 Å². The average Bonchev–Trinajstić information content (AvgIpc) is 2.25. The zero-order valence-corrected chi connectivity index (χ0v) is 9.03. The number of nitrogen functional groups attached to an aromatic ring is 1. The van der Waals surface area contributed by atoms with Gasteiger partial charge in [0.2, 0.25) is 0 Å². The fraction of sp³-hybridized carbons (Fsp3) is 0.417. The predicted molar refractivity (Wildman–Crippen MR) is 62.9 cm³/mol. The largest absolute Gasteiger partial charge is 0.396 e. The fourth-order valence-electron chi connectivity index (χ4n) is 1.98. The summed E-state index contributed by atoms with van der Waals surface area (Å²) in [5.41, 5.74) is 7.31. The number of nitrogens with zero attached hydrogens (tertiary/aromatic N) is 1. The van der Waals surface area contributed by atoms with Gasteiger partial charge in [-0.3, -0.25) is 0 Å². The van der Waals surface area contributed by atoms with Crippen LogP contribution in [-0.2, 0) is 0 Å². The number of aliphatic hydroxyl groups is 1. The molecule has 0 bridgehead atoms. The van der Waals surface area contributed by atoms with Crippen molar-refractivity contribution in [2.24, 2.45) is 0 Å². The summed E-state index contributed by atoms with van der Waals surface area (Å²) < 4.78 is 0. The van der Waals surface area contributed by atoms with Gasteiger partial charge in [-0.25, -0.2) is 0 Å². The van der Waals surface area contributed by atoms with Crippen molar-refractivity contribution in [3.8, 4) is 6.07 Å². The molecule has 0 aromatic heterocycles. The fourth-order valence-corrected chi connectivity index (χ4v) is 1.98. The van der Waals surface area contributed by atoms with Gasteiger partial charge >= 0.3 is 0 Å². The van der Waals surface area contributed by atoms with Crippen molar-refractivity contribution in [1.82, 2.24) is 0 Å². The van der Waals surface area contributed by atoms with Gasteiger partial charge in [-0.15, -0.1) is 0 Å². The Kier molecular flexibility index (Phi) is 2.71. The minimum absolute atomic E-state index is 0.100. The highest BCUT2D eigenvalue weighted by atomic mass is 16.3. The molecule has 4 heteroatoms. The van der Waals surface area contributed by atoms with Gasteiger partial charge in [0.05, 0.1) is 29.1 Å². The molecule has 0 heterocycles. The molecule has 16 heavy (non-hydrogen) atoms. The number of rotatable bonds is 3. The number of benzene rings is 1. The number of hydrogen-bond donors (Lipinski definition) is 3. The van der Waals surface area contributed by atoms with Crippen LogP contribution >= 0.6 is 0 Å². The molecule has 1 aliphatic rings. The molecule has 4 N–H and O–H groups in total. The van der Waals surface area contributed by atoms with Crippen LogP contribution in [0.2, 0.25) is 0 Å². The van der Waals surface area contributed by atoms with Crippen LogP contribution in [0.25, 0.3) is 0 Å². The lowest BCUT2D eigenvalue weighted by Gasteiger charge is -2.42. The monoisotopic (exact) mass is 217 g/mol. The summed E-state index contributed by atoms with van der Waals surface area (Å²) in [7, 11) is 0. The minimum Gasteiger partial charge on any atom is -0.396 e. The predicted octanol–water partition coefficient (Wildman–Crippen LogP) is 1.47. The first-order chi connectivity index (χ1) is 7.71. The van der Waals surface area contributed by atoms with Crippen molar-refractivity contribution in [2.75, 3.05) is 17.7 Å². The normalized spacial score (nSPS) is 17.2. The Bertz CT molecular complexity index is 427. The van der Waals surface area contributed by atoms with Crippen molar-refractivity contribution < 1.29 is 5.11 Å². The Balaban J connectivity index is 2.25. The van der Waals surface area contributed by atoms with Gasteiger partial charge in [-0.1, -0.05) is 6.07 Å². The van der Waals surface area contributed by atoms with Crippen LogP contribution in [0.5, 0.6) is 0 Å². The highest BCUT2D eigenvalue weighted by Crippen LogP contribution is 2.36. The molecule has 0 spiro atoms. The van der Waals surface area contributed by atoms with E-state index in [1.54, 1.807) is 12.1 Å². The van der Waals surface area contributed by atoms with Crippen LogP contribution in [0.3, 0.4) is 0 Å². The van der Waals surface area contributed by atoms with Crippen LogP contribution in [0.4, 0.5) is 11.4 Å². The van der Waals surface area contributed by atoms with Crippen molar-refractivity contribution in [3.63, 3.8) is 0 Å². The third-order valence-electron chi connectivity index (χ3n) is 3.24. The second-order valence-electron chi connectivity index (χ2n) is 4.30. The highest BCUT2D eigenvalue weighted by Gasteiger charge is 2.36. The summed E-state index contributed by atoms with van der Waals surface area (Å²) in [6, 6.07) is 7.37. The Morgan fingerprint density at radius 2 is 2.25 bits per heavy atom. The molecule has 1 aliphatic carbocycles. The van der Waals surface area contributed by atoms with Gasteiger partial charge in [-0.2, -0.15) is 5.26 Å². The first-order valence-electron chi connectivity index (χ1n) is 5.38. The van der Waals surface area contributed by atoms with E-state index in [2.05, 4.69) is 5.32 Å². The Morgan fingerprint density at radius 3 is 2.75 bits per heavy atom. The molecule has 0 atom stereocenters. The first-order valence-corrected chi connectivity index (χ1v) is 5.38. The van der Waals surface area contributed by atoms with Gasteiger partial charge in [0.25, 0.3) is 0 Å². The molecule has 1 saturated carbocycles. The standard InChI is InChI=1S/C12H15N3O/c13-7-9-3-1-4-10(11(9)14)15-12(8-16)5-2-6-12/h1,3-4,15-16H,2,5-6,8,14H2. The van der Waals surface area contributed by atoms with Crippen molar-refractivity contribution >= 4 is 11.4 Å². The van der Waals surface area contributed by atoms with E-state index >= 15 is 0 Å². The summed E-state index contributed by atoms with van der Waals surface area (Å²) >= 11 is 0. The molecule has 4 nitrogen and oxygen atoms in total. The maximum atomic E-state index is 9.35. The SMILES string of the molecule is N#Cc1cccc(NC2(CO)CCC2)c1N. The van der Waals surface area contributed by atoms with E-state index in [0.717, 1.165) is 24.9 Å². The molecule has 0 amide bonds. The third-order valence-corrected chi connectivity index (χ3v) is 3.24. The van der Waals surface area contributed by atoms with Crippen LogP contribution in [0.1, 0.15) is 24.8 Å². The van der Waals surface area contributed by atoms with Crippen LogP contribution < -0.4 is 11.1 Å². The number of aliphatic hydroxyl groups excluding tert-OH is 1. The van der Waals surface area contributed by atoms with Crippen LogP contribution in [0.15, 0.2) is 18.2 Å². The van der Waals surface area contributed by atoms with E-state index in [1.165, 1.54) is 0 Å². The molecule has 0 aliphatic heterocycles. The quantitative estimate of drug-likeness (QED) is 0.669. The number of anilines is 2. The first kappa shape index (κ1) is 10.8. The summed E-state index contributed by atoms with van der Waals surface area (Å²) in [6.45, 7) is 0.100. The second kappa shape index (κ2) is 4.03. The average molecular weight is 217 g/mol. The molecule has 0 saturated heterocycles. The highest BCUT2D eigenvalue weighted by molar-refractivity contribution is 5.73. The maximum Gasteiger partial charge on any atom is 0.101 e. The maximum absolute atomic E-state index is 9.35.